The summed E-state index contributed by atoms with van der Waals surface area (Å²) in [4.78, 5) is 11.9. The summed E-state index contributed by atoms with van der Waals surface area (Å²) < 4.78 is 13.1. The number of halogens is 1. The summed E-state index contributed by atoms with van der Waals surface area (Å²) in [5, 5.41) is 16.3. The fraction of sp³-hybridized carbons (Fsp3) is 0.176. The van der Waals surface area contributed by atoms with E-state index in [0.29, 0.717) is 11.3 Å². The van der Waals surface area contributed by atoms with Crippen LogP contribution in [0.1, 0.15) is 24.5 Å². The van der Waals surface area contributed by atoms with Gasteiger partial charge in [-0.3, -0.25) is 4.79 Å². The van der Waals surface area contributed by atoms with E-state index in [1.807, 2.05) is 30.3 Å². The number of hydrogen-bond acceptors (Lipinski definition) is 3. The van der Waals surface area contributed by atoms with Gasteiger partial charge in [0.15, 0.2) is 5.72 Å². The van der Waals surface area contributed by atoms with E-state index >= 15 is 0 Å². The van der Waals surface area contributed by atoms with E-state index in [1.54, 1.807) is 0 Å². The highest BCUT2D eigenvalue weighted by molar-refractivity contribution is 6.03. The van der Waals surface area contributed by atoms with Crippen LogP contribution < -0.4 is 0 Å². The number of nitrogens with zero attached hydrogens (tertiary/aromatic N) is 2. The smallest absolute Gasteiger partial charge is 0.242 e. The molecule has 1 aliphatic heterocycles. The zero-order valence-electron chi connectivity index (χ0n) is 12.0. The van der Waals surface area contributed by atoms with E-state index in [0.717, 1.165) is 10.6 Å². The van der Waals surface area contributed by atoms with E-state index in [-0.39, 0.29) is 12.3 Å². The molecule has 2 aromatic carbocycles. The first-order chi connectivity index (χ1) is 10.5. The predicted molar refractivity (Wildman–Crippen MR) is 80.4 cm³/mol. The highest BCUT2D eigenvalue weighted by Crippen LogP contribution is 2.36. The van der Waals surface area contributed by atoms with Crippen molar-refractivity contribution in [3.05, 3.63) is 71.5 Å². The molecule has 2 aromatic rings. The van der Waals surface area contributed by atoms with Crippen molar-refractivity contribution in [1.82, 2.24) is 5.01 Å². The average molecular weight is 298 g/mol. The van der Waals surface area contributed by atoms with E-state index in [2.05, 4.69) is 5.10 Å². The number of carbonyl (C=O) groups excluding carboxylic acids is 1. The minimum Gasteiger partial charge on any atom is -0.365 e. The van der Waals surface area contributed by atoms with Crippen LogP contribution in [-0.4, -0.2) is 21.7 Å². The van der Waals surface area contributed by atoms with Crippen molar-refractivity contribution in [3.63, 3.8) is 0 Å². The highest BCUT2D eigenvalue weighted by atomic mass is 19.1. The quantitative estimate of drug-likeness (QED) is 0.926. The molecule has 1 atom stereocenters. The summed E-state index contributed by atoms with van der Waals surface area (Å²) in [5.41, 5.74) is 0.290. The second-order valence-electron chi connectivity index (χ2n) is 5.24. The monoisotopic (exact) mass is 298 g/mol. The van der Waals surface area contributed by atoms with Crippen LogP contribution in [0.4, 0.5) is 4.39 Å². The Kier molecular flexibility index (Phi) is 3.50. The molecular formula is C17H15FN2O2. The van der Waals surface area contributed by atoms with Crippen LogP contribution in [0.2, 0.25) is 0 Å². The Morgan fingerprint density at radius 2 is 1.82 bits per heavy atom. The van der Waals surface area contributed by atoms with Crippen molar-refractivity contribution in [3.8, 4) is 0 Å². The molecule has 0 fully saturated rings. The minimum absolute atomic E-state index is 0.155. The van der Waals surface area contributed by atoms with E-state index in [4.69, 9.17) is 0 Å². The Bertz CT molecular complexity index is 728. The molecule has 4 nitrogen and oxygen atoms in total. The maximum Gasteiger partial charge on any atom is 0.242 e. The lowest BCUT2D eigenvalue weighted by Crippen LogP contribution is -2.42. The Balaban J connectivity index is 2.02. The van der Waals surface area contributed by atoms with Gasteiger partial charge in [-0.05, 0) is 17.7 Å². The highest BCUT2D eigenvalue weighted by Gasteiger charge is 2.45. The topological polar surface area (TPSA) is 52.9 Å². The lowest BCUT2D eigenvalue weighted by molar-refractivity contribution is -0.155. The molecule has 0 radical (unpaired) electrons. The molecule has 1 amide bonds. The lowest BCUT2D eigenvalue weighted by Gasteiger charge is -2.30. The summed E-state index contributed by atoms with van der Waals surface area (Å²) in [6, 6.07) is 14.8. The van der Waals surface area contributed by atoms with Gasteiger partial charge in [-0.25, -0.2) is 4.39 Å². The van der Waals surface area contributed by atoms with Crippen LogP contribution in [0.5, 0.6) is 0 Å². The first kappa shape index (κ1) is 14.4. The summed E-state index contributed by atoms with van der Waals surface area (Å²) in [6.45, 7) is 1.34. The van der Waals surface area contributed by atoms with Crippen molar-refractivity contribution in [2.75, 3.05) is 0 Å². The van der Waals surface area contributed by atoms with Crippen LogP contribution >= 0.6 is 0 Å². The number of hydrogen-bond donors (Lipinski definition) is 1. The second-order valence-corrected chi connectivity index (χ2v) is 5.24. The Hall–Kier alpha value is -2.53. The van der Waals surface area contributed by atoms with Crippen LogP contribution in [0, 0.1) is 5.82 Å². The van der Waals surface area contributed by atoms with Crippen LogP contribution in [0.15, 0.2) is 59.7 Å². The molecule has 1 aliphatic rings. The maximum absolute atomic E-state index is 13.1. The molecule has 0 aromatic heterocycles. The number of amides is 1. The molecule has 0 saturated heterocycles. The van der Waals surface area contributed by atoms with E-state index < -0.39 is 11.5 Å². The molecule has 0 spiro atoms. The molecule has 0 aliphatic carbocycles. The van der Waals surface area contributed by atoms with Gasteiger partial charge in [0, 0.05) is 18.9 Å². The maximum atomic E-state index is 13.1. The first-order valence-corrected chi connectivity index (χ1v) is 6.93. The van der Waals surface area contributed by atoms with Gasteiger partial charge in [0.25, 0.3) is 0 Å². The molecule has 22 heavy (non-hydrogen) atoms. The van der Waals surface area contributed by atoms with Crippen LogP contribution in [0.25, 0.3) is 0 Å². The van der Waals surface area contributed by atoms with Crippen molar-refractivity contribution >= 4 is 11.6 Å². The normalized spacial score (nSPS) is 20.9. The third-order valence-corrected chi connectivity index (χ3v) is 3.70. The molecule has 3 rings (SSSR count). The molecular weight excluding hydrogens is 283 g/mol. The van der Waals surface area contributed by atoms with Gasteiger partial charge >= 0.3 is 0 Å². The van der Waals surface area contributed by atoms with Gasteiger partial charge in [0.1, 0.15) is 5.82 Å². The zero-order chi connectivity index (χ0) is 15.7. The SMILES string of the molecule is CC(=O)N1N=C(c2ccccc2)CC1(O)c1ccc(F)cc1. The summed E-state index contributed by atoms with van der Waals surface area (Å²) in [5.74, 6) is -0.776. The van der Waals surface area contributed by atoms with Gasteiger partial charge in [-0.2, -0.15) is 10.1 Å². The van der Waals surface area contributed by atoms with Crippen LogP contribution in [0.3, 0.4) is 0 Å². The zero-order valence-corrected chi connectivity index (χ0v) is 12.0. The number of hydrazone groups is 1. The molecule has 112 valence electrons. The van der Waals surface area contributed by atoms with Crippen molar-refractivity contribution in [1.29, 1.82) is 0 Å². The predicted octanol–water partition coefficient (Wildman–Crippen LogP) is 2.63. The molecule has 0 saturated carbocycles. The summed E-state index contributed by atoms with van der Waals surface area (Å²) in [6.07, 6.45) is 0.155. The third-order valence-electron chi connectivity index (χ3n) is 3.70. The summed E-state index contributed by atoms with van der Waals surface area (Å²) in [7, 11) is 0. The van der Waals surface area contributed by atoms with Crippen molar-refractivity contribution in [2.24, 2.45) is 5.10 Å². The minimum atomic E-state index is -1.59. The molecule has 0 bridgehead atoms. The molecule has 5 heteroatoms. The summed E-state index contributed by atoms with van der Waals surface area (Å²) >= 11 is 0. The molecule has 1 unspecified atom stereocenters. The van der Waals surface area contributed by atoms with Gasteiger partial charge < -0.3 is 5.11 Å². The van der Waals surface area contributed by atoms with Gasteiger partial charge in [-0.1, -0.05) is 42.5 Å². The van der Waals surface area contributed by atoms with Crippen molar-refractivity contribution in [2.45, 2.75) is 19.1 Å². The molecule has 1 heterocycles. The average Bonchev–Trinajstić information content (AvgIpc) is 2.88. The number of aliphatic hydroxyl groups is 1. The number of rotatable bonds is 2. The Morgan fingerprint density at radius 1 is 1.18 bits per heavy atom. The number of benzene rings is 2. The Morgan fingerprint density at radius 3 is 2.41 bits per heavy atom. The fourth-order valence-electron chi connectivity index (χ4n) is 2.61. The van der Waals surface area contributed by atoms with E-state index in [9.17, 15) is 14.3 Å². The van der Waals surface area contributed by atoms with Gasteiger partial charge in [0.05, 0.1) is 5.71 Å². The van der Waals surface area contributed by atoms with Crippen molar-refractivity contribution < 1.29 is 14.3 Å². The second kappa shape index (κ2) is 5.35. The first-order valence-electron chi connectivity index (χ1n) is 6.93. The number of carbonyl (C=O) groups is 1. The van der Waals surface area contributed by atoms with E-state index in [1.165, 1.54) is 31.2 Å². The largest absolute Gasteiger partial charge is 0.365 e. The fourth-order valence-corrected chi connectivity index (χ4v) is 2.61. The lowest BCUT2D eigenvalue weighted by atomic mass is 9.94. The van der Waals surface area contributed by atoms with Gasteiger partial charge in [0.2, 0.25) is 5.91 Å². The Labute approximate surface area is 127 Å². The van der Waals surface area contributed by atoms with Crippen LogP contribution in [-0.2, 0) is 10.5 Å². The standard InChI is InChI=1S/C17H15FN2O2/c1-12(21)20-17(22,14-7-9-15(18)10-8-14)11-16(19-20)13-5-3-2-4-6-13/h2-10,22H,11H2,1H3. The third kappa shape index (κ3) is 2.40. The van der Waals surface area contributed by atoms with Gasteiger partial charge in [-0.15, -0.1) is 0 Å². The molecule has 1 N–H and O–H groups in total.